The summed E-state index contributed by atoms with van der Waals surface area (Å²) in [6.07, 6.45) is 8.61. The Bertz CT molecular complexity index is 1020. The average Bonchev–Trinajstić information content (AvgIpc) is 2.89. The van der Waals surface area contributed by atoms with Gasteiger partial charge < -0.3 is 9.47 Å². The van der Waals surface area contributed by atoms with Crippen molar-refractivity contribution in [2.24, 2.45) is 0 Å². The molecule has 186 valence electrons. The van der Waals surface area contributed by atoms with Gasteiger partial charge in [-0.2, -0.15) is 0 Å². The van der Waals surface area contributed by atoms with Crippen molar-refractivity contribution in [2.75, 3.05) is 6.61 Å². The maximum atomic E-state index is 11.8. The van der Waals surface area contributed by atoms with Crippen LogP contribution in [0.1, 0.15) is 83.8 Å². The Hall–Kier alpha value is -3.07. The van der Waals surface area contributed by atoms with Gasteiger partial charge in [-0.3, -0.25) is 4.79 Å². The van der Waals surface area contributed by atoms with Crippen molar-refractivity contribution in [3.05, 3.63) is 78.4 Å². The molecular weight excluding hydrogens is 432 g/mol. The third-order valence-electron chi connectivity index (χ3n) is 6.31. The molecule has 1 unspecified atom stereocenters. The van der Waals surface area contributed by atoms with Gasteiger partial charge in [0, 0.05) is 6.42 Å². The Morgan fingerprint density at radius 2 is 1.29 bits per heavy atom. The van der Waals surface area contributed by atoms with Gasteiger partial charge in [-0.05, 0) is 59.7 Å². The molecule has 0 fully saturated rings. The van der Waals surface area contributed by atoms with Crippen LogP contribution in [0.4, 0.5) is 0 Å². The van der Waals surface area contributed by atoms with Crippen molar-refractivity contribution in [1.82, 2.24) is 0 Å². The highest BCUT2D eigenvalue weighted by Crippen LogP contribution is 2.33. The Kier molecular flexibility index (Phi) is 10.9. The minimum atomic E-state index is -0.248. The third-order valence-corrected chi connectivity index (χ3v) is 6.31. The maximum Gasteiger partial charge on any atom is 0.306 e. The topological polar surface area (TPSA) is 35.5 Å². The zero-order valence-corrected chi connectivity index (χ0v) is 21.6. The first-order valence-corrected chi connectivity index (χ1v) is 13.2. The minimum absolute atomic E-state index is 0.145. The fraction of sp³-hybridized carbons (Fsp3) is 0.406. The standard InChI is InChI=1S/C32H40O3/c1-4-6-7-8-9-12-24-34-29-22-20-28(21-23-29)31-15-11-10-14-30(31)27-18-16-26(17-19-27)25(3)35-32(33)13-5-2/h10-11,14-23,25H,4-9,12-13,24H2,1-3H3. The lowest BCUT2D eigenvalue weighted by atomic mass is 9.94. The largest absolute Gasteiger partial charge is 0.494 e. The number of hydrogen-bond donors (Lipinski definition) is 0. The van der Waals surface area contributed by atoms with Crippen LogP contribution < -0.4 is 4.74 Å². The summed E-state index contributed by atoms with van der Waals surface area (Å²) in [6.45, 7) is 6.93. The summed E-state index contributed by atoms with van der Waals surface area (Å²) < 4.78 is 11.5. The van der Waals surface area contributed by atoms with Crippen molar-refractivity contribution < 1.29 is 14.3 Å². The van der Waals surface area contributed by atoms with Gasteiger partial charge in [-0.25, -0.2) is 0 Å². The van der Waals surface area contributed by atoms with Crippen LogP contribution in [0.25, 0.3) is 22.3 Å². The lowest BCUT2D eigenvalue weighted by Gasteiger charge is -2.15. The number of ether oxygens (including phenoxy) is 2. The van der Waals surface area contributed by atoms with Crippen LogP contribution in [0.2, 0.25) is 0 Å². The predicted octanol–water partition coefficient (Wildman–Crippen LogP) is 9.16. The molecule has 0 aromatic heterocycles. The van der Waals surface area contributed by atoms with E-state index in [0.717, 1.165) is 36.3 Å². The molecule has 0 N–H and O–H groups in total. The number of benzene rings is 3. The van der Waals surface area contributed by atoms with E-state index in [2.05, 4.69) is 79.7 Å². The second-order valence-electron chi connectivity index (χ2n) is 9.19. The molecule has 0 aliphatic carbocycles. The highest BCUT2D eigenvalue weighted by Gasteiger charge is 2.12. The summed E-state index contributed by atoms with van der Waals surface area (Å²) in [7, 11) is 0. The van der Waals surface area contributed by atoms with E-state index in [1.54, 1.807) is 0 Å². The number of unbranched alkanes of at least 4 members (excludes halogenated alkanes) is 5. The first-order valence-electron chi connectivity index (χ1n) is 13.2. The van der Waals surface area contributed by atoms with Crippen LogP contribution in [0.3, 0.4) is 0 Å². The summed E-state index contributed by atoms with van der Waals surface area (Å²) in [5, 5.41) is 0. The fourth-order valence-corrected chi connectivity index (χ4v) is 4.25. The van der Waals surface area contributed by atoms with Gasteiger partial charge in [0.25, 0.3) is 0 Å². The Balaban J connectivity index is 1.63. The van der Waals surface area contributed by atoms with Gasteiger partial charge >= 0.3 is 5.97 Å². The van der Waals surface area contributed by atoms with E-state index < -0.39 is 0 Å². The van der Waals surface area contributed by atoms with Gasteiger partial charge in [0.1, 0.15) is 11.9 Å². The number of hydrogen-bond acceptors (Lipinski definition) is 3. The molecule has 3 aromatic rings. The molecule has 0 saturated heterocycles. The zero-order valence-electron chi connectivity index (χ0n) is 21.6. The van der Waals surface area contributed by atoms with E-state index in [0.29, 0.717) is 6.42 Å². The highest BCUT2D eigenvalue weighted by atomic mass is 16.5. The van der Waals surface area contributed by atoms with Crippen LogP contribution in [0.5, 0.6) is 5.75 Å². The van der Waals surface area contributed by atoms with E-state index >= 15 is 0 Å². The summed E-state index contributed by atoms with van der Waals surface area (Å²) in [6, 6.07) is 25.2. The van der Waals surface area contributed by atoms with Crippen LogP contribution in [-0.4, -0.2) is 12.6 Å². The molecular formula is C32H40O3. The molecule has 0 spiro atoms. The van der Waals surface area contributed by atoms with Crippen molar-refractivity contribution in [3.8, 4) is 28.0 Å². The Morgan fingerprint density at radius 1 is 0.714 bits per heavy atom. The van der Waals surface area contributed by atoms with Crippen LogP contribution in [0.15, 0.2) is 72.8 Å². The zero-order chi connectivity index (χ0) is 24.9. The Morgan fingerprint density at radius 3 is 1.89 bits per heavy atom. The van der Waals surface area contributed by atoms with Crippen molar-refractivity contribution in [2.45, 2.75) is 78.2 Å². The van der Waals surface area contributed by atoms with Gasteiger partial charge in [-0.15, -0.1) is 0 Å². The van der Waals surface area contributed by atoms with Gasteiger partial charge in [0.2, 0.25) is 0 Å². The average molecular weight is 473 g/mol. The Labute approximate surface area is 211 Å². The molecule has 3 rings (SSSR count). The molecule has 0 radical (unpaired) electrons. The maximum absolute atomic E-state index is 11.8. The van der Waals surface area contributed by atoms with E-state index in [9.17, 15) is 4.79 Å². The van der Waals surface area contributed by atoms with Crippen molar-refractivity contribution in [3.63, 3.8) is 0 Å². The number of carbonyl (C=O) groups excluding carboxylic acids is 1. The lowest BCUT2D eigenvalue weighted by Crippen LogP contribution is -2.08. The van der Waals surface area contributed by atoms with Gasteiger partial charge in [0.05, 0.1) is 6.61 Å². The molecule has 1 atom stereocenters. The van der Waals surface area contributed by atoms with Crippen LogP contribution in [-0.2, 0) is 9.53 Å². The smallest absolute Gasteiger partial charge is 0.306 e. The number of rotatable bonds is 14. The molecule has 3 nitrogen and oxygen atoms in total. The van der Waals surface area contributed by atoms with Crippen molar-refractivity contribution >= 4 is 5.97 Å². The van der Waals surface area contributed by atoms with E-state index in [1.165, 1.54) is 48.8 Å². The molecule has 0 saturated carbocycles. The van der Waals surface area contributed by atoms with Crippen molar-refractivity contribution in [1.29, 1.82) is 0 Å². The van der Waals surface area contributed by atoms with Crippen LogP contribution in [0, 0.1) is 0 Å². The fourth-order valence-electron chi connectivity index (χ4n) is 4.25. The molecule has 3 heteroatoms. The molecule has 0 heterocycles. The summed E-state index contributed by atoms with van der Waals surface area (Å²) in [5.74, 6) is 0.782. The van der Waals surface area contributed by atoms with E-state index in [1.807, 2.05) is 13.8 Å². The second-order valence-corrected chi connectivity index (χ2v) is 9.19. The molecule has 35 heavy (non-hydrogen) atoms. The van der Waals surface area contributed by atoms with Gasteiger partial charge in [0.15, 0.2) is 0 Å². The number of esters is 1. The monoisotopic (exact) mass is 472 g/mol. The summed E-state index contributed by atoms with van der Waals surface area (Å²) in [4.78, 5) is 11.8. The van der Waals surface area contributed by atoms with E-state index in [4.69, 9.17) is 9.47 Å². The first-order chi connectivity index (χ1) is 17.1. The molecule has 0 aliphatic rings. The van der Waals surface area contributed by atoms with E-state index in [-0.39, 0.29) is 12.1 Å². The quantitative estimate of drug-likeness (QED) is 0.173. The minimum Gasteiger partial charge on any atom is -0.494 e. The van der Waals surface area contributed by atoms with Gasteiger partial charge in [-0.1, -0.05) is 107 Å². The SMILES string of the molecule is CCCCCCCCOc1ccc(-c2ccccc2-c2ccc(C(C)OC(=O)CCC)cc2)cc1. The van der Waals surface area contributed by atoms with Crippen LogP contribution >= 0.6 is 0 Å². The molecule has 3 aromatic carbocycles. The third kappa shape index (κ3) is 8.28. The number of carbonyl (C=O) groups is 1. The highest BCUT2D eigenvalue weighted by molar-refractivity contribution is 5.83. The predicted molar refractivity (Wildman–Crippen MR) is 146 cm³/mol. The molecule has 0 aliphatic heterocycles. The summed E-state index contributed by atoms with van der Waals surface area (Å²) in [5.41, 5.74) is 5.67. The lowest BCUT2D eigenvalue weighted by molar-refractivity contribution is -0.148. The molecule has 0 amide bonds. The normalized spacial score (nSPS) is 11.7. The summed E-state index contributed by atoms with van der Waals surface area (Å²) >= 11 is 0. The first kappa shape index (κ1) is 26.5. The molecule has 0 bridgehead atoms. The second kappa shape index (κ2) is 14.4.